The highest BCUT2D eigenvalue weighted by atomic mass is 35.5. The summed E-state index contributed by atoms with van der Waals surface area (Å²) in [7, 11) is 1.47. The third-order valence-electron chi connectivity index (χ3n) is 6.63. The van der Waals surface area contributed by atoms with Crippen LogP contribution in [0.5, 0.6) is 0 Å². The fourth-order valence-corrected chi connectivity index (χ4v) is 5.27. The van der Waals surface area contributed by atoms with E-state index in [9.17, 15) is 14.0 Å². The van der Waals surface area contributed by atoms with Crippen LogP contribution in [-0.2, 0) is 20.8 Å². The van der Waals surface area contributed by atoms with Crippen molar-refractivity contribution in [3.8, 4) is 0 Å². The lowest BCUT2D eigenvalue weighted by atomic mass is 9.87. The second-order valence-corrected chi connectivity index (χ2v) is 9.86. The number of ether oxygens (including phenoxy) is 3. The standard InChI is InChI=1S/C25H38ClFN4O5/c1-29-25(33)36-9-8-35-16-19-11-20(27)12-22(26)23(19)18-5-2-6-31(14-18)24(32)30-13-21(28)10-17-4-3-7-34-15-17/h11-12,17-18,21H,2-10,13-16,28H2,1H3,(H,29,33)(H,30,32)/t17-,18-,21-/m0/s1. The molecule has 4 N–H and O–H groups in total. The molecular weight excluding hydrogens is 491 g/mol. The van der Waals surface area contributed by atoms with Crippen LogP contribution in [0.25, 0.3) is 0 Å². The van der Waals surface area contributed by atoms with Gasteiger partial charge in [-0.05, 0) is 61.3 Å². The van der Waals surface area contributed by atoms with E-state index in [-0.39, 0.29) is 37.8 Å². The second-order valence-electron chi connectivity index (χ2n) is 9.45. The molecule has 1 aromatic carbocycles. The highest BCUT2D eigenvalue weighted by Crippen LogP contribution is 2.35. The molecule has 3 rings (SSSR count). The van der Waals surface area contributed by atoms with Crippen molar-refractivity contribution in [2.24, 2.45) is 11.7 Å². The number of piperidine rings is 1. The number of nitrogens with zero attached hydrogens (tertiary/aromatic N) is 1. The van der Waals surface area contributed by atoms with Crippen LogP contribution in [0.1, 0.15) is 49.1 Å². The van der Waals surface area contributed by atoms with Crippen LogP contribution in [0.2, 0.25) is 5.02 Å². The highest BCUT2D eigenvalue weighted by molar-refractivity contribution is 6.31. The maximum absolute atomic E-state index is 14.1. The zero-order valence-corrected chi connectivity index (χ0v) is 21.7. The molecule has 0 unspecified atom stereocenters. The van der Waals surface area contributed by atoms with Gasteiger partial charge < -0.3 is 35.5 Å². The van der Waals surface area contributed by atoms with E-state index in [0.29, 0.717) is 36.1 Å². The van der Waals surface area contributed by atoms with Crippen molar-refractivity contribution >= 4 is 23.7 Å². The van der Waals surface area contributed by atoms with Crippen molar-refractivity contribution in [2.75, 3.05) is 53.1 Å². The van der Waals surface area contributed by atoms with Crippen LogP contribution < -0.4 is 16.4 Å². The Hall–Kier alpha value is -2.14. The molecule has 2 aliphatic heterocycles. The van der Waals surface area contributed by atoms with E-state index >= 15 is 0 Å². The summed E-state index contributed by atoms with van der Waals surface area (Å²) < 4.78 is 30.2. The minimum atomic E-state index is -0.544. The van der Waals surface area contributed by atoms with Gasteiger partial charge in [0.15, 0.2) is 0 Å². The lowest BCUT2D eigenvalue weighted by molar-refractivity contribution is 0.0491. The molecule has 3 atom stereocenters. The Bertz CT molecular complexity index is 871. The molecule has 2 aliphatic rings. The van der Waals surface area contributed by atoms with Gasteiger partial charge in [-0.3, -0.25) is 0 Å². The highest BCUT2D eigenvalue weighted by Gasteiger charge is 2.28. The Morgan fingerprint density at radius 2 is 2.14 bits per heavy atom. The Labute approximate surface area is 217 Å². The van der Waals surface area contributed by atoms with Crippen molar-refractivity contribution in [3.63, 3.8) is 0 Å². The maximum atomic E-state index is 14.1. The minimum Gasteiger partial charge on any atom is -0.447 e. The van der Waals surface area contributed by atoms with E-state index in [2.05, 4.69) is 10.6 Å². The number of likely N-dealkylation sites (tertiary alicyclic amines) is 1. The molecule has 0 aliphatic carbocycles. The Kier molecular flexibility index (Phi) is 11.5. The predicted molar refractivity (Wildman–Crippen MR) is 135 cm³/mol. The molecule has 202 valence electrons. The van der Waals surface area contributed by atoms with Gasteiger partial charge in [0.25, 0.3) is 0 Å². The van der Waals surface area contributed by atoms with E-state index < -0.39 is 11.9 Å². The first-order chi connectivity index (χ1) is 17.4. The molecule has 0 bridgehead atoms. The first-order valence-corrected chi connectivity index (χ1v) is 13.0. The SMILES string of the molecule is CNC(=O)OCCOCc1cc(F)cc(Cl)c1[C@H]1CCCN(C(=O)NC[C@@H](N)C[C@@H]2CCCOC2)C1. The zero-order valence-electron chi connectivity index (χ0n) is 20.9. The second kappa shape index (κ2) is 14.6. The minimum absolute atomic E-state index is 0.0496. The summed E-state index contributed by atoms with van der Waals surface area (Å²) in [6.45, 7) is 3.42. The summed E-state index contributed by atoms with van der Waals surface area (Å²) in [6, 6.07) is 2.43. The molecule has 36 heavy (non-hydrogen) atoms. The van der Waals surface area contributed by atoms with E-state index in [4.69, 9.17) is 31.5 Å². The number of benzene rings is 1. The van der Waals surface area contributed by atoms with E-state index in [1.807, 2.05) is 0 Å². The molecule has 2 fully saturated rings. The van der Waals surface area contributed by atoms with Crippen LogP contribution in [0.3, 0.4) is 0 Å². The normalized spacial score (nSPS) is 21.1. The number of carbonyl (C=O) groups is 2. The van der Waals surface area contributed by atoms with Crippen LogP contribution in [-0.4, -0.2) is 76.2 Å². The molecule has 0 radical (unpaired) electrons. The number of urea groups is 1. The third kappa shape index (κ3) is 8.76. The van der Waals surface area contributed by atoms with Crippen molar-refractivity contribution < 1.29 is 28.2 Å². The molecule has 3 amide bonds. The number of hydrogen-bond donors (Lipinski definition) is 3. The van der Waals surface area contributed by atoms with Gasteiger partial charge >= 0.3 is 12.1 Å². The van der Waals surface area contributed by atoms with Crippen LogP contribution in [0, 0.1) is 11.7 Å². The summed E-state index contributed by atoms with van der Waals surface area (Å²) in [5.74, 6) is -0.0558. The van der Waals surface area contributed by atoms with E-state index in [0.717, 1.165) is 50.9 Å². The van der Waals surface area contributed by atoms with Crippen LogP contribution in [0.15, 0.2) is 12.1 Å². The average Bonchev–Trinajstić information content (AvgIpc) is 2.87. The quantitative estimate of drug-likeness (QED) is 0.401. The van der Waals surface area contributed by atoms with Gasteiger partial charge in [0.05, 0.1) is 13.2 Å². The first-order valence-electron chi connectivity index (χ1n) is 12.6. The number of hydrogen-bond acceptors (Lipinski definition) is 6. The molecule has 0 spiro atoms. The Balaban J connectivity index is 1.54. The van der Waals surface area contributed by atoms with Crippen LogP contribution >= 0.6 is 11.6 Å². The molecular formula is C25H38ClFN4O5. The number of halogens is 2. The molecule has 0 saturated carbocycles. The monoisotopic (exact) mass is 528 g/mol. The fourth-order valence-electron chi connectivity index (χ4n) is 4.89. The zero-order chi connectivity index (χ0) is 25.9. The molecule has 9 nitrogen and oxygen atoms in total. The fraction of sp³-hybridized carbons (Fsp3) is 0.680. The number of nitrogens with two attached hydrogens (primary N) is 1. The molecule has 2 saturated heterocycles. The summed E-state index contributed by atoms with van der Waals surface area (Å²) in [5.41, 5.74) is 7.68. The number of nitrogens with one attached hydrogen (secondary N) is 2. The van der Waals surface area contributed by atoms with Gasteiger partial charge in [-0.25, -0.2) is 14.0 Å². The first kappa shape index (κ1) is 28.4. The average molecular weight is 529 g/mol. The predicted octanol–water partition coefficient (Wildman–Crippen LogP) is 3.38. The third-order valence-corrected chi connectivity index (χ3v) is 6.94. The van der Waals surface area contributed by atoms with E-state index in [1.54, 1.807) is 4.90 Å². The van der Waals surface area contributed by atoms with Crippen molar-refractivity contribution in [2.45, 2.75) is 50.7 Å². The molecule has 2 heterocycles. The number of carbonyl (C=O) groups excluding carboxylic acids is 2. The van der Waals surface area contributed by atoms with E-state index in [1.165, 1.54) is 19.2 Å². The number of amides is 3. The van der Waals surface area contributed by atoms with Gasteiger partial charge in [-0.1, -0.05) is 11.6 Å². The van der Waals surface area contributed by atoms with Gasteiger partial charge in [0, 0.05) is 56.9 Å². The van der Waals surface area contributed by atoms with Gasteiger partial charge in [-0.2, -0.15) is 0 Å². The molecule has 0 aromatic heterocycles. The molecule has 11 heteroatoms. The Morgan fingerprint density at radius 1 is 1.31 bits per heavy atom. The van der Waals surface area contributed by atoms with Crippen LogP contribution in [0.4, 0.5) is 14.0 Å². The maximum Gasteiger partial charge on any atom is 0.406 e. The van der Waals surface area contributed by atoms with Crippen molar-refractivity contribution in [1.82, 2.24) is 15.5 Å². The molecule has 1 aromatic rings. The van der Waals surface area contributed by atoms with Crippen molar-refractivity contribution in [3.05, 3.63) is 34.1 Å². The van der Waals surface area contributed by atoms with Gasteiger partial charge in [0.2, 0.25) is 0 Å². The summed E-state index contributed by atoms with van der Waals surface area (Å²) in [6.07, 6.45) is 4.08. The topological polar surface area (TPSA) is 115 Å². The lowest BCUT2D eigenvalue weighted by Gasteiger charge is -2.34. The lowest BCUT2D eigenvalue weighted by Crippen LogP contribution is -2.48. The smallest absolute Gasteiger partial charge is 0.406 e. The summed E-state index contributed by atoms with van der Waals surface area (Å²) in [5, 5.41) is 5.64. The summed E-state index contributed by atoms with van der Waals surface area (Å²) in [4.78, 5) is 25.8. The number of alkyl carbamates (subject to hydrolysis) is 1. The number of rotatable bonds is 10. The Morgan fingerprint density at radius 3 is 2.89 bits per heavy atom. The van der Waals surface area contributed by atoms with Crippen molar-refractivity contribution in [1.29, 1.82) is 0 Å². The largest absolute Gasteiger partial charge is 0.447 e. The summed E-state index contributed by atoms with van der Waals surface area (Å²) >= 11 is 6.47. The van der Waals surface area contributed by atoms with Gasteiger partial charge in [0.1, 0.15) is 12.4 Å². The van der Waals surface area contributed by atoms with Gasteiger partial charge in [-0.15, -0.1) is 0 Å².